The van der Waals surface area contributed by atoms with Crippen LogP contribution in [0.5, 0.6) is 0 Å². The van der Waals surface area contributed by atoms with Crippen LogP contribution in [-0.4, -0.2) is 49.3 Å². The maximum absolute atomic E-state index is 14.5. The van der Waals surface area contributed by atoms with Crippen LogP contribution in [0.1, 0.15) is 39.3 Å². The lowest BCUT2D eigenvalue weighted by molar-refractivity contribution is -0.144. The molecule has 226 valence electrons. The van der Waals surface area contributed by atoms with Crippen LogP contribution in [0, 0.1) is 13.8 Å². The molecule has 6 rings (SSSR count). The molecular formula is C37H35N5O3. The number of fused-ring (bicyclic) bond motifs is 1. The molecule has 0 N–H and O–H groups in total. The molecule has 0 fully saturated rings. The molecule has 5 aromatic rings. The highest BCUT2D eigenvalue weighted by Gasteiger charge is 2.34. The Bertz CT molecular complexity index is 1780. The third-order valence-electron chi connectivity index (χ3n) is 8.31. The Morgan fingerprint density at radius 1 is 0.933 bits per heavy atom. The number of hydrogen-bond donors (Lipinski definition) is 0. The summed E-state index contributed by atoms with van der Waals surface area (Å²) in [6, 6.07) is 25.3. The molecule has 8 nitrogen and oxygen atoms in total. The van der Waals surface area contributed by atoms with Crippen LogP contribution >= 0.6 is 0 Å². The van der Waals surface area contributed by atoms with Gasteiger partial charge in [-0.3, -0.25) is 19.6 Å². The summed E-state index contributed by atoms with van der Waals surface area (Å²) in [5.41, 5.74) is 7.44. The van der Waals surface area contributed by atoms with Gasteiger partial charge in [-0.25, -0.2) is 0 Å². The molecular weight excluding hydrogens is 562 g/mol. The van der Waals surface area contributed by atoms with Crippen LogP contribution in [0.2, 0.25) is 0 Å². The second kappa shape index (κ2) is 13.5. The first kappa shape index (κ1) is 29.7. The Balaban J connectivity index is 1.35. The molecule has 1 atom stereocenters. The summed E-state index contributed by atoms with van der Waals surface area (Å²) >= 11 is 0. The molecule has 2 aromatic heterocycles. The number of amides is 2. The summed E-state index contributed by atoms with van der Waals surface area (Å²) < 4.78 is 5.31. The van der Waals surface area contributed by atoms with Gasteiger partial charge in [0.15, 0.2) is 0 Å². The van der Waals surface area contributed by atoms with Crippen molar-refractivity contribution in [3.63, 3.8) is 0 Å². The number of hydrogen-bond acceptors (Lipinski definition) is 6. The van der Waals surface area contributed by atoms with Gasteiger partial charge in [-0.05, 0) is 48.6 Å². The van der Waals surface area contributed by atoms with E-state index in [4.69, 9.17) is 4.52 Å². The monoisotopic (exact) mass is 597 g/mol. The molecule has 0 saturated heterocycles. The van der Waals surface area contributed by atoms with Crippen molar-refractivity contribution in [2.45, 2.75) is 45.8 Å². The van der Waals surface area contributed by atoms with E-state index in [1.54, 1.807) is 29.6 Å². The summed E-state index contributed by atoms with van der Waals surface area (Å²) in [7, 11) is 0. The summed E-state index contributed by atoms with van der Waals surface area (Å²) in [6.07, 6.45) is 9.45. The van der Waals surface area contributed by atoms with Crippen molar-refractivity contribution >= 4 is 17.9 Å². The second-order valence-corrected chi connectivity index (χ2v) is 11.3. The molecule has 1 aliphatic heterocycles. The van der Waals surface area contributed by atoms with Gasteiger partial charge in [0, 0.05) is 55.7 Å². The molecule has 3 aromatic carbocycles. The smallest absolute Gasteiger partial charge is 0.247 e. The van der Waals surface area contributed by atoms with Crippen LogP contribution in [0.3, 0.4) is 0 Å². The van der Waals surface area contributed by atoms with Crippen LogP contribution in [-0.2, 0) is 35.5 Å². The van der Waals surface area contributed by atoms with E-state index >= 15 is 0 Å². The highest BCUT2D eigenvalue weighted by Crippen LogP contribution is 2.24. The van der Waals surface area contributed by atoms with Crippen LogP contribution < -0.4 is 0 Å². The first-order valence-electron chi connectivity index (χ1n) is 15.1. The average Bonchev–Trinajstić information content (AvgIpc) is 3.41. The van der Waals surface area contributed by atoms with Gasteiger partial charge in [-0.2, -0.15) is 0 Å². The zero-order chi connectivity index (χ0) is 31.2. The van der Waals surface area contributed by atoms with Crippen LogP contribution in [0.4, 0.5) is 0 Å². The zero-order valence-corrected chi connectivity index (χ0v) is 25.5. The maximum Gasteiger partial charge on any atom is 0.247 e. The van der Waals surface area contributed by atoms with E-state index < -0.39 is 6.04 Å². The SMILES string of the molecule is Cc1noc(C)c1C=CC(=O)N(Cc1ccc(-c2cnccn2)cc1)C(Cc1ccccc1)C(=O)N1CCc2ccccc2C1. The first-order valence-corrected chi connectivity index (χ1v) is 15.1. The molecule has 0 bridgehead atoms. The van der Waals surface area contributed by atoms with Gasteiger partial charge < -0.3 is 14.3 Å². The van der Waals surface area contributed by atoms with Gasteiger partial charge in [0.2, 0.25) is 11.8 Å². The standard InChI is InChI=1S/C37H35N5O3/c1-26-33(27(2)45-40-26)16-17-36(43)42(24-29-12-14-31(15-13-29)34-23-38-19-20-39-34)35(22-28-8-4-3-5-9-28)37(44)41-21-18-30-10-6-7-11-32(30)25-41/h3-17,19-20,23,35H,18,21-22,24-25H2,1-2H3. The van der Waals surface area contributed by atoms with Gasteiger partial charge in [0.05, 0.1) is 17.6 Å². The summed E-state index contributed by atoms with van der Waals surface area (Å²) in [5, 5.41) is 4.02. The third-order valence-corrected chi connectivity index (χ3v) is 8.31. The molecule has 0 spiro atoms. The number of carbonyl (C=O) groups excluding carboxylic acids is 2. The fraction of sp³-hybridized carbons (Fsp3) is 0.216. The predicted octanol–water partition coefficient (Wildman–Crippen LogP) is 5.99. The van der Waals surface area contributed by atoms with Crippen molar-refractivity contribution in [2.75, 3.05) is 6.54 Å². The lowest BCUT2D eigenvalue weighted by Crippen LogP contribution is -2.52. The average molecular weight is 598 g/mol. The van der Waals surface area contributed by atoms with Gasteiger partial charge in [-0.15, -0.1) is 0 Å². The van der Waals surface area contributed by atoms with Gasteiger partial charge in [-0.1, -0.05) is 84.0 Å². The number of carbonyl (C=O) groups is 2. The summed E-state index contributed by atoms with van der Waals surface area (Å²) in [6.45, 7) is 5.03. The summed E-state index contributed by atoms with van der Waals surface area (Å²) in [4.78, 5) is 40.8. The molecule has 1 aliphatic rings. The predicted molar refractivity (Wildman–Crippen MR) is 173 cm³/mol. The van der Waals surface area contributed by atoms with Gasteiger partial charge in [0.1, 0.15) is 11.8 Å². The van der Waals surface area contributed by atoms with Crippen molar-refractivity contribution in [2.24, 2.45) is 0 Å². The lowest BCUT2D eigenvalue weighted by atomic mass is 9.97. The summed E-state index contributed by atoms with van der Waals surface area (Å²) in [5.74, 6) is 0.301. The minimum Gasteiger partial charge on any atom is -0.361 e. The van der Waals surface area contributed by atoms with E-state index in [9.17, 15) is 9.59 Å². The largest absolute Gasteiger partial charge is 0.361 e. The molecule has 1 unspecified atom stereocenters. The van der Waals surface area contributed by atoms with E-state index in [0.29, 0.717) is 31.0 Å². The lowest BCUT2D eigenvalue weighted by Gasteiger charge is -2.37. The zero-order valence-electron chi connectivity index (χ0n) is 25.5. The van der Waals surface area contributed by atoms with Crippen molar-refractivity contribution < 1.29 is 14.1 Å². The van der Waals surface area contributed by atoms with E-state index in [1.165, 1.54) is 11.6 Å². The third kappa shape index (κ3) is 6.91. The maximum atomic E-state index is 14.5. The van der Waals surface area contributed by atoms with Crippen LogP contribution in [0.15, 0.2) is 108 Å². The second-order valence-electron chi connectivity index (χ2n) is 11.3. The van der Waals surface area contributed by atoms with Crippen molar-refractivity contribution in [1.82, 2.24) is 24.9 Å². The molecule has 3 heterocycles. The topological polar surface area (TPSA) is 92.4 Å². The van der Waals surface area contributed by atoms with Crippen molar-refractivity contribution in [3.8, 4) is 11.3 Å². The number of aromatic nitrogens is 3. The normalized spacial score (nSPS) is 13.4. The van der Waals surface area contributed by atoms with Crippen molar-refractivity contribution in [1.29, 1.82) is 0 Å². The number of aryl methyl sites for hydroxylation is 2. The highest BCUT2D eigenvalue weighted by molar-refractivity contribution is 5.96. The van der Waals surface area contributed by atoms with Gasteiger partial charge in [0.25, 0.3) is 0 Å². The van der Waals surface area contributed by atoms with E-state index in [2.05, 4.69) is 27.3 Å². The minimum absolute atomic E-state index is 0.0661. The Labute approximate surface area is 263 Å². The van der Waals surface area contributed by atoms with Gasteiger partial charge >= 0.3 is 0 Å². The van der Waals surface area contributed by atoms with E-state index in [1.807, 2.05) is 85.5 Å². The Morgan fingerprint density at radius 3 is 2.40 bits per heavy atom. The molecule has 0 aliphatic carbocycles. The molecule has 45 heavy (non-hydrogen) atoms. The number of rotatable bonds is 9. The molecule has 2 amide bonds. The molecule has 8 heteroatoms. The Hall–Kier alpha value is -5.37. The fourth-order valence-corrected chi connectivity index (χ4v) is 5.81. The Morgan fingerprint density at radius 2 is 1.69 bits per heavy atom. The first-order chi connectivity index (χ1) is 22.0. The molecule has 0 radical (unpaired) electrons. The van der Waals surface area contributed by atoms with E-state index in [0.717, 1.165) is 39.9 Å². The fourth-order valence-electron chi connectivity index (χ4n) is 5.81. The van der Waals surface area contributed by atoms with E-state index in [-0.39, 0.29) is 18.4 Å². The van der Waals surface area contributed by atoms with Crippen LogP contribution in [0.25, 0.3) is 17.3 Å². The minimum atomic E-state index is -0.723. The molecule has 0 saturated carbocycles. The van der Waals surface area contributed by atoms with Crippen molar-refractivity contribution in [3.05, 3.63) is 143 Å². The number of benzene rings is 3. The quantitative estimate of drug-likeness (QED) is 0.194. The highest BCUT2D eigenvalue weighted by atomic mass is 16.5. The number of nitrogens with zero attached hydrogens (tertiary/aromatic N) is 5. The Kier molecular flexibility index (Phi) is 8.91.